The lowest BCUT2D eigenvalue weighted by molar-refractivity contribution is 1.67. The Hall–Kier alpha value is -1.01. The second kappa shape index (κ2) is 8.99. The molecule has 0 N–H and O–H groups in total. The topological polar surface area (TPSA) is 0 Å². The summed E-state index contributed by atoms with van der Waals surface area (Å²) in [5, 5.41) is 0. The van der Waals surface area contributed by atoms with Gasteiger partial charge in [0.05, 0.1) is 0 Å². The van der Waals surface area contributed by atoms with Gasteiger partial charge in [-0.2, -0.15) is 0 Å². The molecule has 60 valence electrons. The molecule has 0 amide bonds. The van der Waals surface area contributed by atoms with Gasteiger partial charge in [-0.3, -0.25) is 0 Å². The predicted octanol–water partition coefficient (Wildman–Crippen LogP) is 3.55. The zero-order valence-corrected chi connectivity index (χ0v) is 7.31. The second-order valence-corrected chi connectivity index (χ2v) is 1.61. The van der Waals surface area contributed by atoms with Crippen molar-refractivity contribution < 1.29 is 0 Å². The van der Waals surface area contributed by atoms with E-state index in [2.05, 4.69) is 19.7 Å². The van der Waals surface area contributed by atoms with Crippen molar-refractivity contribution in [2.75, 3.05) is 0 Å². The standard InChI is InChI=1S/C8H8.C2H4.ClH/c1-2-8-6-4-3-5-7-8;1-2;/h2-7H,1H2;1-2H2;1H. The summed E-state index contributed by atoms with van der Waals surface area (Å²) in [5.41, 5.74) is 1.17. The molecular weight excluding hydrogens is 156 g/mol. The maximum absolute atomic E-state index is 3.63. The van der Waals surface area contributed by atoms with Gasteiger partial charge in [0.25, 0.3) is 0 Å². The number of halogens is 1. The fourth-order valence-electron chi connectivity index (χ4n) is 0.589. The first-order valence-electron chi connectivity index (χ1n) is 3.11. The summed E-state index contributed by atoms with van der Waals surface area (Å²) in [7, 11) is 0. The molecule has 11 heavy (non-hydrogen) atoms. The van der Waals surface area contributed by atoms with Gasteiger partial charge in [-0.25, -0.2) is 0 Å². The van der Waals surface area contributed by atoms with E-state index >= 15 is 0 Å². The first kappa shape index (κ1) is 12.6. The molecule has 0 bridgehead atoms. The van der Waals surface area contributed by atoms with Gasteiger partial charge in [0, 0.05) is 0 Å². The average molecular weight is 169 g/mol. The van der Waals surface area contributed by atoms with Gasteiger partial charge in [-0.1, -0.05) is 43.0 Å². The molecule has 0 atom stereocenters. The van der Waals surface area contributed by atoms with Crippen molar-refractivity contribution in [3.63, 3.8) is 0 Å². The van der Waals surface area contributed by atoms with E-state index in [9.17, 15) is 0 Å². The molecule has 0 saturated carbocycles. The summed E-state index contributed by atoms with van der Waals surface area (Å²) < 4.78 is 0. The molecule has 0 heterocycles. The molecule has 1 aromatic rings. The Balaban J connectivity index is 0. The third-order valence-electron chi connectivity index (χ3n) is 1.04. The summed E-state index contributed by atoms with van der Waals surface area (Å²) in [6.07, 6.45) is 1.83. The fraction of sp³-hybridized carbons (Fsp3) is 0. The van der Waals surface area contributed by atoms with Gasteiger partial charge in [0.15, 0.2) is 0 Å². The van der Waals surface area contributed by atoms with Crippen LogP contribution in [0.3, 0.4) is 0 Å². The van der Waals surface area contributed by atoms with Crippen molar-refractivity contribution in [3.8, 4) is 0 Å². The summed E-state index contributed by atoms with van der Waals surface area (Å²) in [4.78, 5) is 0. The molecule has 1 aromatic carbocycles. The minimum atomic E-state index is 0. The van der Waals surface area contributed by atoms with Crippen LogP contribution in [-0.2, 0) is 0 Å². The molecular formula is C10H13Cl. The highest BCUT2D eigenvalue weighted by Crippen LogP contribution is 1.97. The van der Waals surface area contributed by atoms with Crippen LogP contribution in [0.5, 0.6) is 0 Å². The van der Waals surface area contributed by atoms with Crippen molar-refractivity contribution in [2.24, 2.45) is 0 Å². The van der Waals surface area contributed by atoms with Crippen LogP contribution < -0.4 is 0 Å². The van der Waals surface area contributed by atoms with Crippen molar-refractivity contribution in [1.82, 2.24) is 0 Å². The Bertz CT molecular complexity index is 179. The quantitative estimate of drug-likeness (QED) is 0.563. The van der Waals surface area contributed by atoms with Crippen LogP contribution in [0.1, 0.15) is 5.56 Å². The van der Waals surface area contributed by atoms with Gasteiger partial charge in [-0.05, 0) is 5.56 Å². The minimum Gasteiger partial charge on any atom is -0.147 e. The first-order valence-corrected chi connectivity index (χ1v) is 3.11. The van der Waals surface area contributed by atoms with E-state index in [-0.39, 0.29) is 12.4 Å². The maximum Gasteiger partial charge on any atom is -0.0263 e. The molecule has 0 aliphatic rings. The van der Waals surface area contributed by atoms with Crippen molar-refractivity contribution in [2.45, 2.75) is 0 Å². The zero-order chi connectivity index (χ0) is 7.82. The van der Waals surface area contributed by atoms with Crippen molar-refractivity contribution in [3.05, 3.63) is 55.6 Å². The maximum atomic E-state index is 3.63. The Morgan fingerprint density at radius 3 is 1.73 bits per heavy atom. The van der Waals surface area contributed by atoms with Crippen molar-refractivity contribution in [1.29, 1.82) is 0 Å². The van der Waals surface area contributed by atoms with Gasteiger partial charge >= 0.3 is 0 Å². The highest BCUT2D eigenvalue weighted by atomic mass is 35.5. The predicted molar refractivity (Wildman–Crippen MR) is 55.0 cm³/mol. The van der Waals surface area contributed by atoms with E-state index in [0.717, 1.165) is 0 Å². The lowest BCUT2D eigenvalue weighted by atomic mass is 10.2. The lowest BCUT2D eigenvalue weighted by Crippen LogP contribution is -1.63. The van der Waals surface area contributed by atoms with E-state index in [4.69, 9.17) is 0 Å². The molecule has 1 heteroatoms. The summed E-state index contributed by atoms with van der Waals surface area (Å²) in [5.74, 6) is 0. The van der Waals surface area contributed by atoms with Crippen molar-refractivity contribution >= 4 is 18.5 Å². The summed E-state index contributed by atoms with van der Waals surface area (Å²) in [6, 6.07) is 10.0. The zero-order valence-electron chi connectivity index (χ0n) is 6.49. The van der Waals surface area contributed by atoms with Crippen LogP contribution in [0.4, 0.5) is 0 Å². The Labute approximate surface area is 74.7 Å². The molecule has 0 spiro atoms. The molecule has 0 unspecified atom stereocenters. The van der Waals surface area contributed by atoms with Crippen LogP contribution in [0, 0.1) is 0 Å². The monoisotopic (exact) mass is 168 g/mol. The third-order valence-corrected chi connectivity index (χ3v) is 1.04. The van der Waals surface area contributed by atoms with E-state index in [0.29, 0.717) is 0 Å². The van der Waals surface area contributed by atoms with Crippen LogP contribution >= 0.6 is 12.4 Å². The highest BCUT2D eigenvalue weighted by molar-refractivity contribution is 5.85. The third kappa shape index (κ3) is 5.43. The Morgan fingerprint density at radius 2 is 1.45 bits per heavy atom. The molecule has 0 radical (unpaired) electrons. The van der Waals surface area contributed by atoms with Crippen LogP contribution in [0.25, 0.3) is 6.08 Å². The van der Waals surface area contributed by atoms with E-state index in [1.165, 1.54) is 5.56 Å². The Morgan fingerprint density at radius 1 is 1.00 bits per heavy atom. The summed E-state index contributed by atoms with van der Waals surface area (Å²) >= 11 is 0. The second-order valence-electron chi connectivity index (χ2n) is 1.61. The number of hydrogen-bond acceptors (Lipinski definition) is 0. The number of benzene rings is 1. The average Bonchev–Trinajstić information content (AvgIpc) is 2.10. The van der Waals surface area contributed by atoms with Gasteiger partial charge in [0.2, 0.25) is 0 Å². The van der Waals surface area contributed by atoms with Gasteiger partial charge in [0.1, 0.15) is 0 Å². The number of hydrogen-bond donors (Lipinski definition) is 0. The fourth-order valence-corrected chi connectivity index (χ4v) is 0.589. The highest BCUT2D eigenvalue weighted by Gasteiger charge is 1.75. The summed E-state index contributed by atoms with van der Waals surface area (Å²) in [6.45, 7) is 9.63. The molecule has 0 saturated heterocycles. The molecule has 0 fully saturated rings. The first-order chi connectivity index (χ1) is 4.93. The molecule has 0 aromatic heterocycles. The van der Waals surface area contributed by atoms with E-state index < -0.39 is 0 Å². The van der Waals surface area contributed by atoms with Crippen LogP contribution in [0.15, 0.2) is 50.1 Å². The molecule has 0 aliphatic heterocycles. The minimum absolute atomic E-state index is 0. The van der Waals surface area contributed by atoms with Crippen LogP contribution in [0.2, 0.25) is 0 Å². The van der Waals surface area contributed by atoms with E-state index in [1.807, 2.05) is 36.4 Å². The Kier molecular flexibility index (Phi) is 10.3. The van der Waals surface area contributed by atoms with Crippen LogP contribution in [-0.4, -0.2) is 0 Å². The largest absolute Gasteiger partial charge is 0.147 e. The lowest BCUT2D eigenvalue weighted by Gasteiger charge is -1.85. The van der Waals surface area contributed by atoms with Gasteiger partial charge in [-0.15, -0.1) is 25.6 Å². The SMILES string of the molecule is C=C.C=Cc1ccccc1.Cl. The molecule has 0 aliphatic carbocycles. The van der Waals surface area contributed by atoms with E-state index in [1.54, 1.807) is 0 Å². The molecule has 1 rings (SSSR count). The molecule has 0 nitrogen and oxygen atoms in total. The smallest absolute Gasteiger partial charge is 0.0263 e. The normalized spacial score (nSPS) is 6.55. The van der Waals surface area contributed by atoms with Gasteiger partial charge < -0.3 is 0 Å². The number of rotatable bonds is 1.